The van der Waals surface area contributed by atoms with Crippen LogP contribution in [0, 0.1) is 0 Å². The summed E-state index contributed by atoms with van der Waals surface area (Å²) in [5.74, 6) is -0.0789. The van der Waals surface area contributed by atoms with E-state index in [0.29, 0.717) is 38.3 Å². The number of sulfonamides is 1. The van der Waals surface area contributed by atoms with Gasteiger partial charge in [0.15, 0.2) is 12.3 Å². The molecule has 1 aliphatic rings. The molecule has 27 heavy (non-hydrogen) atoms. The van der Waals surface area contributed by atoms with Crippen molar-refractivity contribution in [2.45, 2.75) is 44.6 Å². The van der Waals surface area contributed by atoms with E-state index in [4.69, 9.17) is 0 Å². The number of carbonyl (C=O) groups excluding carboxylic acids is 2. The summed E-state index contributed by atoms with van der Waals surface area (Å²) in [7, 11) is -3.57. The van der Waals surface area contributed by atoms with Crippen molar-refractivity contribution < 1.29 is 22.9 Å². The van der Waals surface area contributed by atoms with Crippen LogP contribution in [0.4, 0.5) is 0 Å². The molecule has 7 nitrogen and oxygen atoms in total. The molecule has 1 heterocycles. The van der Waals surface area contributed by atoms with Gasteiger partial charge in [0, 0.05) is 11.6 Å². The summed E-state index contributed by atoms with van der Waals surface area (Å²) >= 11 is 0. The second-order valence-corrected chi connectivity index (χ2v) is 9.11. The molecule has 0 bridgehead atoms. The van der Waals surface area contributed by atoms with Gasteiger partial charge >= 0.3 is 0 Å². The Hall–Kier alpha value is -1.77. The maximum atomic E-state index is 12.8. The van der Waals surface area contributed by atoms with Crippen molar-refractivity contribution in [1.29, 1.82) is 0 Å². The number of rotatable bonds is 8. The van der Waals surface area contributed by atoms with E-state index in [1.165, 1.54) is 23.4 Å². The van der Waals surface area contributed by atoms with Crippen molar-refractivity contribution in [3.05, 3.63) is 29.8 Å². The molecule has 1 saturated heterocycles. The van der Waals surface area contributed by atoms with Gasteiger partial charge in [-0.1, -0.05) is 25.5 Å². The van der Waals surface area contributed by atoms with Crippen LogP contribution < -0.4 is 10.2 Å². The molecule has 1 amide bonds. The maximum absolute atomic E-state index is 12.8. The first-order valence-electron chi connectivity index (χ1n) is 9.48. The normalized spacial score (nSPS) is 17.4. The number of hydrogen-bond donors (Lipinski definition) is 2. The van der Waals surface area contributed by atoms with Crippen LogP contribution >= 0.6 is 0 Å². The predicted molar refractivity (Wildman–Crippen MR) is 103 cm³/mol. The standard InChI is InChI=1S/C19H29N3O4S/c1-4-5-15(2)20-19(24)14-21-10-12-22(13-11-21)27(25,26)18-8-6-17(7-9-18)16(3)23/h6-9,15H,4-5,10-14H2,1-3H3,(H,20,24)/p+1/t15-/m1/s1. The number of nitrogens with zero attached hydrogens (tertiary/aromatic N) is 1. The molecule has 0 aliphatic carbocycles. The van der Waals surface area contributed by atoms with Gasteiger partial charge in [-0.3, -0.25) is 9.59 Å². The third-order valence-corrected chi connectivity index (χ3v) is 6.78. The molecular formula is C19H30N3O4S+. The smallest absolute Gasteiger partial charge is 0.275 e. The first-order chi connectivity index (χ1) is 12.7. The molecule has 1 aromatic carbocycles. The lowest BCUT2D eigenvalue weighted by molar-refractivity contribution is -0.895. The van der Waals surface area contributed by atoms with Crippen LogP contribution in [0.5, 0.6) is 0 Å². The van der Waals surface area contributed by atoms with Crippen molar-refractivity contribution in [1.82, 2.24) is 9.62 Å². The average Bonchev–Trinajstić information content (AvgIpc) is 2.62. The number of Topliss-reactive ketones (excluding diaryl/α,β-unsaturated/α-hetero) is 1. The van der Waals surface area contributed by atoms with Gasteiger partial charge in [-0.15, -0.1) is 0 Å². The topological polar surface area (TPSA) is 88.0 Å². The number of quaternary nitrogens is 1. The summed E-state index contributed by atoms with van der Waals surface area (Å²) in [5, 5.41) is 2.99. The van der Waals surface area contributed by atoms with E-state index in [-0.39, 0.29) is 22.6 Å². The Labute approximate surface area is 161 Å². The molecule has 0 radical (unpaired) electrons. The molecule has 0 saturated carbocycles. The molecule has 1 aromatic rings. The van der Waals surface area contributed by atoms with Crippen molar-refractivity contribution in [2.24, 2.45) is 0 Å². The number of piperazine rings is 1. The summed E-state index contributed by atoms with van der Waals surface area (Å²) in [6.45, 7) is 7.86. The molecule has 1 atom stereocenters. The Morgan fingerprint density at radius 1 is 1.19 bits per heavy atom. The Kier molecular flexibility index (Phi) is 7.52. The van der Waals surface area contributed by atoms with Crippen molar-refractivity contribution in [3.63, 3.8) is 0 Å². The number of nitrogens with one attached hydrogen (secondary N) is 2. The van der Waals surface area contributed by atoms with Gasteiger partial charge < -0.3 is 10.2 Å². The number of carbonyl (C=O) groups is 2. The summed E-state index contributed by atoms with van der Waals surface area (Å²) in [6.07, 6.45) is 1.98. The van der Waals surface area contributed by atoms with Crippen LogP contribution in [0.25, 0.3) is 0 Å². The van der Waals surface area contributed by atoms with Gasteiger partial charge in [-0.25, -0.2) is 8.42 Å². The van der Waals surface area contributed by atoms with Crippen LogP contribution in [0.3, 0.4) is 0 Å². The molecule has 0 spiro atoms. The van der Waals surface area contributed by atoms with E-state index in [0.717, 1.165) is 17.7 Å². The van der Waals surface area contributed by atoms with E-state index in [1.54, 1.807) is 12.1 Å². The molecular weight excluding hydrogens is 366 g/mol. The van der Waals surface area contributed by atoms with Gasteiger partial charge in [-0.2, -0.15) is 4.31 Å². The maximum Gasteiger partial charge on any atom is 0.275 e. The number of amides is 1. The van der Waals surface area contributed by atoms with Gasteiger partial charge in [0.25, 0.3) is 5.91 Å². The lowest BCUT2D eigenvalue weighted by atomic mass is 10.2. The predicted octanol–water partition coefficient (Wildman–Crippen LogP) is 0.0832. The molecule has 0 unspecified atom stereocenters. The zero-order valence-electron chi connectivity index (χ0n) is 16.3. The Morgan fingerprint density at radius 2 is 1.78 bits per heavy atom. The first kappa shape index (κ1) is 21.5. The van der Waals surface area contributed by atoms with Gasteiger partial charge in [-0.05, 0) is 32.4 Å². The van der Waals surface area contributed by atoms with Crippen LogP contribution in [-0.2, 0) is 14.8 Å². The molecule has 2 rings (SSSR count). The molecule has 1 fully saturated rings. The minimum Gasteiger partial charge on any atom is -0.349 e. The lowest BCUT2D eigenvalue weighted by Gasteiger charge is -2.31. The Morgan fingerprint density at radius 3 is 2.30 bits per heavy atom. The van der Waals surface area contributed by atoms with Crippen molar-refractivity contribution >= 4 is 21.7 Å². The number of ketones is 1. The average molecular weight is 397 g/mol. The van der Waals surface area contributed by atoms with Crippen LogP contribution in [0.2, 0.25) is 0 Å². The molecule has 0 aromatic heterocycles. The molecule has 1 aliphatic heterocycles. The number of hydrogen-bond acceptors (Lipinski definition) is 4. The van der Waals surface area contributed by atoms with Gasteiger partial charge in [0.05, 0.1) is 31.1 Å². The monoisotopic (exact) mass is 396 g/mol. The Bertz CT molecular complexity index is 754. The van der Waals surface area contributed by atoms with Crippen molar-refractivity contribution in [2.75, 3.05) is 32.7 Å². The summed E-state index contributed by atoms with van der Waals surface area (Å²) in [4.78, 5) is 24.7. The van der Waals surface area contributed by atoms with E-state index in [1.807, 2.05) is 6.92 Å². The second kappa shape index (κ2) is 9.43. The fourth-order valence-electron chi connectivity index (χ4n) is 3.29. The lowest BCUT2D eigenvalue weighted by Crippen LogP contribution is -3.15. The summed E-state index contributed by atoms with van der Waals surface area (Å²) in [5.41, 5.74) is 0.492. The van der Waals surface area contributed by atoms with E-state index in [2.05, 4.69) is 12.2 Å². The third-order valence-electron chi connectivity index (χ3n) is 4.87. The first-order valence-corrected chi connectivity index (χ1v) is 10.9. The van der Waals surface area contributed by atoms with E-state index >= 15 is 0 Å². The highest BCUT2D eigenvalue weighted by atomic mass is 32.2. The van der Waals surface area contributed by atoms with Crippen molar-refractivity contribution in [3.8, 4) is 0 Å². The second-order valence-electron chi connectivity index (χ2n) is 7.17. The highest BCUT2D eigenvalue weighted by molar-refractivity contribution is 7.89. The SMILES string of the molecule is CCC[C@@H](C)NC(=O)C[NH+]1CCN(S(=O)(=O)c2ccc(C(C)=O)cc2)CC1. The fraction of sp³-hybridized carbons (Fsp3) is 0.579. The zero-order chi connectivity index (χ0) is 20.0. The Balaban J connectivity index is 1.90. The zero-order valence-corrected chi connectivity index (χ0v) is 17.1. The fourth-order valence-corrected chi connectivity index (χ4v) is 4.73. The highest BCUT2D eigenvalue weighted by Crippen LogP contribution is 2.16. The van der Waals surface area contributed by atoms with E-state index in [9.17, 15) is 18.0 Å². The third kappa shape index (κ3) is 5.85. The van der Waals surface area contributed by atoms with Crippen LogP contribution in [0.15, 0.2) is 29.2 Å². The molecule has 8 heteroatoms. The molecule has 150 valence electrons. The van der Waals surface area contributed by atoms with Crippen LogP contribution in [-0.4, -0.2) is 63.2 Å². The largest absolute Gasteiger partial charge is 0.349 e. The summed E-state index contributed by atoms with van der Waals surface area (Å²) in [6, 6.07) is 6.21. The molecule has 2 N–H and O–H groups in total. The van der Waals surface area contributed by atoms with Gasteiger partial charge in [0.1, 0.15) is 0 Å². The van der Waals surface area contributed by atoms with Gasteiger partial charge in [0.2, 0.25) is 10.0 Å². The highest BCUT2D eigenvalue weighted by Gasteiger charge is 2.31. The minimum atomic E-state index is -3.57. The van der Waals surface area contributed by atoms with E-state index < -0.39 is 10.0 Å². The summed E-state index contributed by atoms with van der Waals surface area (Å²) < 4.78 is 27.0. The van der Waals surface area contributed by atoms with Crippen LogP contribution in [0.1, 0.15) is 44.0 Å². The number of benzene rings is 1. The quantitative estimate of drug-likeness (QED) is 0.610. The minimum absolute atomic E-state index is 0.0158.